The molecule has 2 N–H and O–H groups in total. The fraction of sp³-hybridized carbons (Fsp3) is 0.300. The molecule has 3 rings (SSSR count). The number of rotatable bonds is 5. The van der Waals surface area contributed by atoms with E-state index in [0.29, 0.717) is 6.42 Å². The molecule has 1 aliphatic carbocycles. The van der Waals surface area contributed by atoms with E-state index in [1.54, 1.807) is 24.3 Å². The lowest BCUT2D eigenvalue weighted by Crippen LogP contribution is -2.15. The summed E-state index contributed by atoms with van der Waals surface area (Å²) in [4.78, 5) is 0. The molecule has 0 aliphatic heterocycles. The van der Waals surface area contributed by atoms with Crippen LogP contribution in [0.2, 0.25) is 0 Å². The number of benzene rings is 2. The predicted molar refractivity (Wildman–Crippen MR) is 112 cm³/mol. The van der Waals surface area contributed by atoms with Crippen LogP contribution in [0.15, 0.2) is 36.4 Å². The summed E-state index contributed by atoms with van der Waals surface area (Å²) in [6.45, 7) is 5.94. The largest absolute Gasteiger partial charge is 0.446 e. The molecule has 0 saturated heterocycles. The van der Waals surface area contributed by atoms with Crippen LogP contribution in [0.3, 0.4) is 0 Å². The van der Waals surface area contributed by atoms with Gasteiger partial charge < -0.3 is 8.37 Å². The van der Waals surface area contributed by atoms with Gasteiger partial charge >= 0.3 is 20.8 Å². The van der Waals surface area contributed by atoms with E-state index in [-0.39, 0.29) is 23.3 Å². The van der Waals surface area contributed by atoms with Crippen LogP contribution in [-0.2, 0) is 27.2 Å². The van der Waals surface area contributed by atoms with Crippen molar-refractivity contribution in [1.82, 2.24) is 0 Å². The minimum atomic E-state index is -4.65. The van der Waals surface area contributed by atoms with Crippen LogP contribution < -0.4 is 8.37 Å². The van der Waals surface area contributed by atoms with Gasteiger partial charge in [0.05, 0.1) is 0 Å². The third-order valence-electron chi connectivity index (χ3n) is 4.98. The monoisotopic (exact) mass is 454 g/mol. The highest BCUT2D eigenvalue weighted by Gasteiger charge is 2.25. The van der Waals surface area contributed by atoms with Gasteiger partial charge in [0.25, 0.3) is 0 Å². The second kappa shape index (κ2) is 8.03. The molecule has 1 unspecified atom stereocenters. The summed E-state index contributed by atoms with van der Waals surface area (Å²) in [6.07, 6.45) is 2.45. The summed E-state index contributed by atoms with van der Waals surface area (Å²) < 4.78 is 71.6. The highest BCUT2D eigenvalue weighted by molar-refractivity contribution is 7.81. The summed E-state index contributed by atoms with van der Waals surface area (Å²) in [5.41, 5.74) is 4.35. The number of hydrogen-bond donors (Lipinski definition) is 2. The molecule has 10 heteroatoms. The summed E-state index contributed by atoms with van der Waals surface area (Å²) in [5, 5.41) is 0. The minimum Gasteiger partial charge on any atom is -0.362 e. The smallest absolute Gasteiger partial charge is 0.362 e. The van der Waals surface area contributed by atoms with Crippen molar-refractivity contribution in [1.29, 1.82) is 0 Å². The second-order valence-corrected chi connectivity index (χ2v) is 9.56. The molecule has 0 bridgehead atoms. The number of fused-ring (bicyclic) bond motifs is 2. The van der Waals surface area contributed by atoms with Crippen molar-refractivity contribution in [3.8, 4) is 11.5 Å². The molecule has 0 spiro atoms. The fourth-order valence-corrected chi connectivity index (χ4v) is 4.42. The van der Waals surface area contributed by atoms with Crippen LogP contribution in [0, 0.1) is 5.92 Å². The summed E-state index contributed by atoms with van der Waals surface area (Å²) in [5.74, 6) is 0.0533. The molecule has 8 nitrogen and oxygen atoms in total. The Labute approximate surface area is 176 Å². The second-order valence-electron chi connectivity index (χ2n) is 7.51. The van der Waals surface area contributed by atoms with Gasteiger partial charge in [-0.2, -0.15) is 16.8 Å². The zero-order valence-electron chi connectivity index (χ0n) is 16.6. The molecule has 0 aromatic heterocycles. The maximum Gasteiger partial charge on any atom is 0.446 e. The summed E-state index contributed by atoms with van der Waals surface area (Å²) in [6, 6.07) is 9.56. The molecule has 2 aromatic carbocycles. The van der Waals surface area contributed by atoms with E-state index >= 15 is 0 Å². The van der Waals surface area contributed by atoms with E-state index in [0.717, 1.165) is 27.8 Å². The Kier molecular flexibility index (Phi) is 5.96. The first-order valence-electron chi connectivity index (χ1n) is 9.12. The zero-order valence-corrected chi connectivity index (χ0v) is 18.2. The molecule has 0 heterocycles. The maximum absolute atomic E-state index is 11.1. The molecule has 0 fully saturated rings. The summed E-state index contributed by atoms with van der Waals surface area (Å²) >= 11 is 0. The topological polar surface area (TPSA) is 127 Å². The standard InChI is InChI=1S/C20H22O8S2/c1-12(2)19-10-15-9-16(27-29(21,22)23)6-7-18(15)13(3)8-14-4-5-17(11-20(14)19)28-30(24,25)26/h4-9,11-12,19H,10H2,1-3H3,(H,21,22,23)(H,24,25,26)/b13-8-. The van der Waals surface area contributed by atoms with E-state index in [2.05, 4.69) is 8.37 Å². The van der Waals surface area contributed by atoms with Crippen LogP contribution in [0.5, 0.6) is 11.5 Å². The van der Waals surface area contributed by atoms with Crippen LogP contribution in [-0.4, -0.2) is 25.9 Å². The van der Waals surface area contributed by atoms with E-state index in [4.69, 9.17) is 9.11 Å². The van der Waals surface area contributed by atoms with E-state index in [1.165, 1.54) is 12.1 Å². The van der Waals surface area contributed by atoms with E-state index in [1.807, 2.05) is 26.8 Å². The van der Waals surface area contributed by atoms with Gasteiger partial charge in [-0.3, -0.25) is 9.11 Å². The Hall–Kier alpha value is -2.40. The molecular formula is C20H22O8S2. The quantitative estimate of drug-likeness (QED) is 0.651. The van der Waals surface area contributed by atoms with Gasteiger partial charge in [-0.25, -0.2) is 0 Å². The molecule has 0 saturated carbocycles. The Morgan fingerprint density at radius 1 is 0.933 bits per heavy atom. The third-order valence-corrected chi connectivity index (χ3v) is 5.79. The van der Waals surface area contributed by atoms with Crippen molar-refractivity contribution in [2.24, 2.45) is 5.92 Å². The Morgan fingerprint density at radius 2 is 1.50 bits per heavy atom. The van der Waals surface area contributed by atoms with Crippen molar-refractivity contribution in [2.45, 2.75) is 33.1 Å². The lowest BCUT2D eigenvalue weighted by atomic mass is 9.77. The highest BCUT2D eigenvalue weighted by atomic mass is 32.3. The van der Waals surface area contributed by atoms with Crippen LogP contribution in [0.4, 0.5) is 0 Å². The van der Waals surface area contributed by atoms with Crippen LogP contribution in [0.1, 0.15) is 48.9 Å². The molecule has 162 valence electrons. The van der Waals surface area contributed by atoms with Crippen molar-refractivity contribution < 1.29 is 34.3 Å². The van der Waals surface area contributed by atoms with Gasteiger partial charge in [0.1, 0.15) is 11.5 Å². The highest BCUT2D eigenvalue weighted by Crippen LogP contribution is 2.39. The molecular weight excluding hydrogens is 432 g/mol. The number of hydrogen-bond acceptors (Lipinski definition) is 6. The van der Waals surface area contributed by atoms with Crippen molar-refractivity contribution >= 4 is 32.4 Å². The van der Waals surface area contributed by atoms with Gasteiger partial charge in [-0.15, -0.1) is 0 Å². The van der Waals surface area contributed by atoms with Crippen LogP contribution in [0.25, 0.3) is 11.6 Å². The Morgan fingerprint density at radius 3 is 2.07 bits per heavy atom. The first-order chi connectivity index (χ1) is 13.8. The average molecular weight is 455 g/mol. The molecule has 0 radical (unpaired) electrons. The zero-order chi connectivity index (χ0) is 22.3. The predicted octanol–water partition coefficient (Wildman–Crippen LogP) is 3.91. The third kappa shape index (κ3) is 5.39. The van der Waals surface area contributed by atoms with Crippen molar-refractivity contribution in [3.63, 3.8) is 0 Å². The normalized spacial score (nSPS) is 18.5. The van der Waals surface area contributed by atoms with Gasteiger partial charge in [0.2, 0.25) is 0 Å². The van der Waals surface area contributed by atoms with Gasteiger partial charge in [0, 0.05) is 0 Å². The fourth-order valence-electron chi connectivity index (χ4n) is 3.73. The molecule has 1 atom stereocenters. The Bertz CT molecular complexity index is 1210. The average Bonchev–Trinajstić information content (AvgIpc) is 2.57. The minimum absolute atomic E-state index is 0.00259. The van der Waals surface area contributed by atoms with Crippen LogP contribution >= 0.6 is 0 Å². The van der Waals surface area contributed by atoms with Crippen molar-refractivity contribution in [3.05, 3.63) is 58.7 Å². The van der Waals surface area contributed by atoms with Gasteiger partial charge in [-0.1, -0.05) is 32.1 Å². The first kappa shape index (κ1) is 22.3. The summed E-state index contributed by atoms with van der Waals surface area (Å²) in [7, 11) is -9.30. The van der Waals surface area contributed by atoms with E-state index < -0.39 is 20.8 Å². The van der Waals surface area contributed by atoms with Gasteiger partial charge in [-0.05, 0) is 77.3 Å². The Balaban J connectivity index is 2.15. The lowest BCUT2D eigenvalue weighted by Gasteiger charge is -2.27. The van der Waals surface area contributed by atoms with Crippen molar-refractivity contribution in [2.75, 3.05) is 0 Å². The number of allylic oxidation sites excluding steroid dienone is 1. The van der Waals surface area contributed by atoms with Gasteiger partial charge in [0.15, 0.2) is 0 Å². The molecule has 0 amide bonds. The molecule has 30 heavy (non-hydrogen) atoms. The first-order valence-corrected chi connectivity index (χ1v) is 11.8. The maximum atomic E-state index is 11.1. The molecule has 1 aliphatic rings. The van der Waals surface area contributed by atoms with E-state index in [9.17, 15) is 16.8 Å². The molecule has 2 aromatic rings. The lowest BCUT2D eigenvalue weighted by molar-refractivity contribution is 0.383. The SMILES string of the molecule is C/C1=C/c2ccc(OS(=O)(=O)O)cc2C(C(C)C)Cc2cc(OS(=O)(=O)O)ccc21.